The van der Waals surface area contributed by atoms with Gasteiger partial charge >= 0.3 is 0 Å². The Morgan fingerprint density at radius 3 is 3.04 bits per heavy atom. The van der Waals surface area contributed by atoms with Crippen LogP contribution in [-0.2, 0) is 6.54 Å². The topological polar surface area (TPSA) is 115 Å². The zero-order valence-corrected chi connectivity index (χ0v) is 13.9. The molecule has 1 aliphatic heterocycles. The highest BCUT2D eigenvalue weighted by atomic mass is 16.4. The summed E-state index contributed by atoms with van der Waals surface area (Å²) in [7, 11) is 1.55. The van der Waals surface area contributed by atoms with Gasteiger partial charge in [0, 0.05) is 39.3 Å². The number of furan rings is 1. The maximum Gasteiger partial charge on any atom is 0.286 e. The van der Waals surface area contributed by atoms with E-state index in [9.17, 15) is 14.7 Å². The molecule has 1 aliphatic rings. The fourth-order valence-electron chi connectivity index (χ4n) is 2.87. The first-order valence-corrected chi connectivity index (χ1v) is 8.06. The molecule has 134 valence electrons. The number of carbonyl (C=O) groups is 1. The van der Waals surface area contributed by atoms with E-state index in [-0.39, 0.29) is 17.2 Å². The fourth-order valence-corrected chi connectivity index (χ4v) is 2.87. The van der Waals surface area contributed by atoms with Crippen molar-refractivity contribution in [3.63, 3.8) is 0 Å². The van der Waals surface area contributed by atoms with Crippen LogP contribution >= 0.6 is 0 Å². The van der Waals surface area contributed by atoms with Crippen LogP contribution in [0.1, 0.15) is 16.3 Å². The van der Waals surface area contributed by atoms with Crippen molar-refractivity contribution in [3.05, 3.63) is 46.4 Å². The largest absolute Gasteiger partial charge is 0.455 e. The molecule has 2 aromatic rings. The Bertz CT molecular complexity index is 787. The van der Waals surface area contributed by atoms with E-state index in [1.807, 2.05) is 9.80 Å². The standard InChI is InChI=1S/C16H21N5O4/c1-17-16(24)13-3-2-12(25-13)9-20-4-5-21(8-11(22)7-20)14-6-15(23)19-10-18-14/h2-3,6,10-11,22H,4-5,7-9H2,1H3,(H,17,24)(H,18,19,23)/t11-/m1/s1. The van der Waals surface area contributed by atoms with Gasteiger partial charge in [0.1, 0.15) is 11.6 Å². The molecule has 1 amide bonds. The summed E-state index contributed by atoms with van der Waals surface area (Å²) in [4.78, 5) is 33.6. The summed E-state index contributed by atoms with van der Waals surface area (Å²) in [6, 6.07) is 4.82. The van der Waals surface area contributed by atoms with Gasteiger partial charge in [-0.2, -0.15) is 0 Å². The first-order chi connectivity index (χ1) is 12.0. The summed E-state index contributed by atoms with van der Waals surface area (Å²) >= 11 is 0. The van der Waals surface area contributed by atoms with Crippen LogP contribution in [0.5, 0.6) is 0 Å². The number of carbonyl (C=O) groups excluding carboxylic acids is 1. The molecule has 3 heterocycles. The number of nitrogens with one attached hydrogen (secondary N) is 2. The molecule has 25 heavy (non-hydrogen) atoms. The molecule has 1 saturated heterocycles. The number of aliphatic hydroxyl groups is 1. The number of aromatic nitrogens is 2. The highest BCUT2D eigenvalue weighted by Crippen LogP contribution is 2.15. The second-order valence-electron chi connectivity index (χ2n) is 5.95. The van der Waals surface area contributed by atoms with Crippen molar-refractivity contribution in [1.29, 1.82) is 0 Å². The van der Waals surface area contributed by atoms with Crippen molar-refractivity contribution >= 4 is 11.7 Å². The highest BCUT2D eigenvalue weighted by molar-refractivity contribution is 5.91. The van der Waals surface area contributed by atoms with Gasteiger partial charge in [0.2, 0.25) is 0 Å². The van der Waals surface area contributed by atoms with Crippen molar-refractivity contribution in [2.45, 2.75) is 12.6 Å². The van der Waals surface area contributed by atoms with E-state index in [4.69, 9.17) is 4.42 Å². The molecule has 3 N–H and O–H groups in total. The number of β-amino-alcohol motifs (C(OH)–C–C–N with tert-alkyl or cyclic N) is 1. The lowest BCUT2D eigenvalue weighted by Crippen LogP contribution is -2.34. The molecule has 1 fully saturated rings. The van der Waals surface area contributed by atoms with Crippen LogP contribution < -0.4 is 15.8 Å². The van der Waals surface area contributed by atoms with Crippen molar-refractivity contribution in [2.75, 3.05) is 38.1 Å². The molecule has 3 rings (SSSR count). The van der Waals surface area contributed by atoms with E-state index in [0.29, 0.717) is 44.3 Å². The summed E-state index contributed by atoms with van der Waals surface area (Å²) < 4.78 is 5.54. The van der Waals surface area contributed by atoms with Gasteiger partial charge in [-0.1, -0.05) is 0 Å². The van der Waals surface area contributed by atoms with Crippen LogP contribution in [0.15, 0.2) is 33.7 Å². The third-order valence-corrected chi connectivity index (χ3v) is 4.07. The number of nitrogens with zero attached hydrogens (tertiary/aromatic N) is 3. The molecule has 0 aromatic carbocycles. The van der Waals surface area contributed by atoms with Crippen LogP contribution in [0.25, 0.3) is 0 Å². The zero-order chi connectivity index (χ0) is 17.8. The van der Waals surface area contributed by atoms with Crippen molar-refractivity contribution in [1.82, 2.24) is 20.2 Å². The van der Waals surface area contributed by atoms with Gasteiger partial charge < -0.3 is 24.7 Å². The van der Waals surface area contributed by atoms with Crippen LogP contribution in [0.4, 0.5) is 5.82 Å². The Hall–Kier alpha value is -2.65. The number of rotatable bonds is 4. The lowest BCUT2D eigenvalue weighted by molar-refractivity contribution is 0.0927. The normalized spacial score (nSPS) is 18.8. The number of H-pyrrole nitrogens is 1. The summed E-state index contributed by atoms with van der Waals surface area (Å²) in [5.74, 6) is 1.20. The quantitative estimate of drug-likeness (QED) is 0.677. The number of hydrogen-bond donors (Lipinski definition) is 3. The second-order valence-corrected chi connectivity index (χ2v) is 5.95. The molecule has 2 aromatic heterocycles. The van der Waals surface area contributed by atoms with Gasteiger partial charge in [0.25, 0.3) is 11.5 Å². The van der Waals surface area contributed by atoms with E-state index in [1.165, 1.54) is 12.4 Å². The fraction of sp³-hybridized carbons (Fsp3) is 0.438. The van der Waals surface area contributed by atoms with Gasteiger partial charge in [0.05, 0.1) is 19.0 Å². The average molecular weight is 347 g/mol. The van der Waals surface area contributed by atoms with E-state index >= 15 is 0 Å². The van der Waals surface area contributed by atoms with Crippen LogP contribution in [0.2, 0.25) is 0 Å². The summed E-state index contributed by atoms with van der Waals surface area (Å²) in [6.07, 6.45) is 0.771. The molecule has 0 unspecified atom stereocenters. The van der Waals surface area contributed by atoms with Crippen molar-refractivity contribution in [2.24, 2.45) is 0 Å². The Morgan fingerprint density at radius 2 is 2.28 bits per heavy atom. The Morgan fingerprint density at radius 1 is 1.44 bits per heavy atom. The van der Waals surface area contributed by atoms with Crippen molar-refractivity contribution in [3.8, 4) is 0 Å². The summed E-state index contributed by atoms with van der Waals surface area (Å²) in [6.45, 7) is 2.65. The second kappa shape index (κ2) is 7.49. The number of anilines is 1. The molecule has 0 aliphatic carbocycles. The van der Waals surface area contributed by atoms with Crippen LogP contribution in [0.3, 0.4) is 0 Å². The maximum atomic E-state index is 11.6. The van der Waals surface area contributed by atoms with Crippen molar-refractivity contribution < 1.29 is 14.3 Å². The lowest BCUT2D eigenvalue weighted by atomic mass is 10.3. The molecule has 0 spiro atoms. The molecule has 0 bridgehead atoms. The molecule has 1 atom stereocenters. The van der Waals surface area contributed by atoms with Crippen LogP contribution in [0, 0.1) is 0 Å². The minimum atomic E-state index is -0.586. The molecule has 9 heteroatoms. The molecule has 9 nitrogen and oxygen atoms in total. The van der Waals surface area contributed by atoms with E-state index in [1.54, 1.807) is 19.2 Å². The minimum absolute atomic E-state index is 0.224. The first kappa shape index (κ1) is 17.2. The summed E-state index contributed by atoms with van der Waals surface area (Å²) in [5.41, 5.74) is -0.224. The minimum Gasteiger partial charge on any atom is -0.455 e. The van der Waals surface area contributed by atoms with Gasteiger partial charge in [0.15, 0.2) is 5.76 Å². The predicted molar refractivity (Wildman–Crippen MR) is 90.5 cm³/mol. The highest BCUT2D eigenvalue weighted by Gasteiger charge is 2.23. The Labute approximate surface area is 144 Å². The Balaban J connectivity index is 1.66. The molecule has 0 saturated carbocycles. The number of amides is 1. The lowest BCUT2D eigenvalue weighted by Gasteiger charge is -2.22. The SMILES string of the molecule is CNC(=O)c1ccc(CN2CCN(c3cc(=O)[nH]cn3)C[C@H](O)C2)o1. The van der Waals surface area contributed by atoms with Crippen LogP contribution in [-0.4, -0.2) is 65.2 Å². The molecular formula is C16H21N5O4. The summed E-state index contributed by atoms with van der Waals surface area (Å²) in [5, 5.41) is 12.8. The molecule has 0 radical (unpaired) electrons. The van der Waals surface area contributed by atoms with E-state index < -0.39 is 6.10 Å². The zero-order valence-electron chi connectivity index (χ0n) is 13.9. The number of aromatic amines is 1. The van der Waals surface area contributed by atoms with Gasteiger partial charge in [-0.25, -0.2) is 4.98 Å². The Kier molecular flexibility index (Phi) is 5.15. The van der Waals surface area contributed by atoms with E-state index in [2.05, 4.69) is 15.3 Å². The maximum absolute atomic E-state index is 11.6. The monoisotopic (exact) mass is 347 g/mol. The van der Waals surface area contributed by atoms with E-state index in [0.717, 1.165) is 0 Å². The number of hydrogen-bond acceptors (Lipinski definition) is 7. The average Bonchev–Trinajstić information content (AvgIpc) is 2.97. The molecular weight excluding hydrogens is 326 g/mol. The van der Waals surface area contributed by atoms with Gasteiger partial charge in [-0.15, -0.1) is 0 Å². The smallest absolute Gasteiger partial charge is 0.286 e. The van der Waals surface area contributed by atoms with Gasteiger partial charge in [-0.05, 0) is 12.1 Å². The third kappa shape index (κ3) is 4.25. The van der Waals surface area contributed by atoms with Gasteiger partial charge in [-0.3, -0.25) is 14.5 Å². The first-order valence-electron chi connectivity index (χ1n) is 8.06. The third-order valence-electron chi connectivity index (χ3n) is 4.07. The predicted octanol–water partition coefficient (Wildman–Crippen LogP) is -0.594. The number of aliphatic hydroxyl groups excluding tert-OH is 1.